The van der Waals surface area contributed by atoms with Gasteiger partial charge in [-0.2, -0.15) is 9.90 Å². The zero-order valence-corrected chi connectivity index (χ0v) is 26.2. The predicted molar refractivity (Wildman–Crippen MR) is 180 cm³/mol. The third-order valence-electron chi connectivity index (χ3n) is 8.64. The van der Waals surface area contributed by atoms with Crippen LogP contribution in [0.2, 0.25) is 0 Å². The van der Waals surface area contributed by atoms with Gasteiger partial charge in [0.25, 0.3) is 0 Å². The molecule has 0 N–H and O–H groups in total. The first-order valence-electron chi connectivity index (χ1n) is 15.7. The Balaban J connectivity index is 1.15. The van der Waals surface area contributed by atoms with Gasteiger partial charge in [0, 0.05) is 31.3 Å². The molecule has 0 atom stereocenters. The third-order valence-corrected chi connectivity index (χ3v) is 8.64. The maximum atomic E-state index is 13.4. The number of carbonyl (C=O) groups excluding carboxylic acids is 1. The fourth-order valence-electron chi connectivity index (χ4n) is 6.43. The van der Waals surface area contributed by atoms with Crippen LogP contribution < -0.4 is 4.74 Å². The van der Waals surface area contributed by atoms with E-state index >= 15 is 0 Å². The van der Waals surface area contributed by atoms with Gasteiger partial charge >= 0.3 is 0 Å². The van der Waals surface area contributed by atoms with Crippen molar-refractivity contribution in [2.24, 2.45) is 0 Å². The molecule has 1 fully saturated rings. The summed E-state index contributed by atoms with van der Waals surface area (Å²) in [6.07, 6.45) is 4.22. The number of hydrogen-bond donors (Lipinski definition) is 0. The Hall–Kier alpha value is -5.67. The number of tetrazole rings is 1. The summed E-state index contributed by atoms with van der Waals surface area (Å²) < 4.78 is 7.01. The van der Waals surface area contributed by atoms with Gasteiger partial charge in [0.1, 0.15) is 12.3 Å². The van der Waals surface area contributed by atoms with Crippen molar-refractivity contribution in [3.05, 3.63) is 167 Å². The van der Waals surface area contributed by atoms with Gasteiger partial charge in [0.15, 0.2) is 11.6 Å². The number of ketones is 1. The molecule has 4 aromatic carbocycles. The van der Waals surface area contributed by atoms with Crippen molar-refractivity contribution in [3.8, 4) is 5.75 Å². The summed E-state index contributed by atoms with van der Waals surface area (Å²) in [6.45, 7) is 1.97. The van der Waals surface area contributed by atoms with Crippen LogP contribution in [0.25, 0.3) is 6.08 Å². The van der Waals surface area contributed by atoms with Crippen molar-refractivity contribution in [3.63, 3.8) is 0 Å². The minimum Gasteiger partial charge on any atom is -0.497 e. The van der Waals surface area contributed by atoms with E-state index in [1.807, 2.05) is 60.8 Å². The minimum absolute atomic E-state index is 0.141. The van der Waals surface area contributed by atoms with Crippen LogP contribution in [0.1, 0.15) is 40.2 Å². The summed E-state index contributed by atoms with van der Waals surface area (Å²) >= 11 is 0. The van der Waals surface area contributed by atoms with Gasteiger partial charge in [0.05, 0.1) is 24.9 Å². The van der Waals surface area contributed by atoms with E-state index in [-0.39, 0.29) is 5.78 Å². The van der Waals surface area contributed by atoms with Gasteiger partial charge in [-0.25, -0.2) is 0 Å². The molecule has 3 heterocycles. The van der Waals surface area contributed by atoms with Gasteiger partial charge in [0.2, 0.25) is 0 Å². The topological polar surface area (TPSA) is 91.0 Å². The Kier molecular flexibility index (Phi) is 8.53. The number of piperidine rings is 1. The second kappa shape index (κ2) is 13.4. The van der Waals surface area contributed by atoms with Crippen LogP contribution in [0.3, 0.4) is 0 Å². The van der Waals surface area contributed by atoms with E-state index in [0.717, 1.165) is 33.6 Å². The highest BCUT2D eigenvalue weighted by Crippen LogP contribution is 2.44. The maximum Gasteiger partial charge on any atom is 0.196 e. The number of methoxy groups -OCH3 is 1. The number of hydrogen-bond acceptors (Lipinski definition) is 7. The molecule has 7 rings (SSSR count). The Morgan fingerprint density at radius 1 is 0.766 bits per heavy atom. The van der Waals surface area contributed by atoms with Crippen molar-refractivity contribution in [1.29, 1.82) is 0 Å². The number of nitrogens with zero attached hydrogens (tertiary/aromatic N) is 7. The zero-order chi connectivity index (χ0) is 32.1. The van der Waals surface area contributed by atoms with E-state index in [1.54, 1.807) is 16.6 Å². The van der Waals surface area contributed by atoms with Crippen LogP contribution >= 0.6 is 0 Å². The first kappa shape index (κ1) is 30.0. The molecule has 2 aromatic heterocycles. The van der Waals surface area contributed by atoms with E-state index in [0.29, 0.717) is 44.1 Å². The molecule has 0 bridgehead atoms. The zero-order valence-electron chi connectivity index (χ0n) is 26.2. The second-order valence-corrected chi connectivity index (χ2v) is 11.6. The lowest BCUT2D eigenvalue weighted by Crippen LogP contribution is -2.52. The number of aromatic nitrogens is 6. The lowest BCUT2D eigenvalue weighted by molar-refractivity contribution is -0.117. The average molecular weight is 622 g/mol. The van der Waals surface area contributed by atoms with Crippen molar-refractivity contribution in [2.75, 3.05) is 20.2 Å². The Labute approximate surface area is 273 Å². The van der Waals surface area contributed by atoms with Crippen molar-refractivity contribution < 1.29 is 9.53 Å². The number of ether oxygens (including phenoxy) is 1. The second-order valence-electron chi connectivity index (χ2n) is 11.6. The van der Waals surface area contributed by atoms with E-state index in [9.17, 15) is 4.79 Å². The smallest absolute Gasteiger partial charge is 0.196 e. The molecule has 0 amide bonds. The third kappa shape index (κ3) is 6.25. The molecule has 234 valence electrons. The molecule has 0 unspecified atom stereocenters. The number of benzene rings is 4. The molecular formula is C38H35N7O2. The molecule has 9 heteroatoms. The SMILES string of the molecule is COc1ccc(Cn2nnc(Cn3ccc(/C=C4/CN(C(c5ccccc5)(c5ccccc5)c5ccccc5)CCC4=O)n3)n2)cc1. The largest absolute Gasteiger partial charge is 0.497 e. The minimum atomic E-state index is -0.591. The van der Waals surface area contributed by atoms with Crippen molar-refractivity contribution >= 4 is 11.9 Å². The van der Waals surface area contributed by atoms with Crippen molar-refractivity contribution in [1.82, 2.24) is 34.9 Å². The Morgan fingerprint density at radius 2 is 1.38 bits per heavy atom. The van der Waals surface area contributed by atoms with Crippen LogP contribution in [0.5, 0.6) is 5.75 Å². The summed E-state index contributed by atoms with van der Waals surface area (Å²) in [5, 5.41) is 17.7. The molecule has 6 aromatic rings. The van der Waals surface area contributed by atoms with Gasteiger partial charge in [-0.3, -0.25) is 14.4 Å². The molecule has 0 saturated carbocycles. The van der Waals surface area contributed by atoms with Gasteiger partial charge < -0.3 is 4.74 Å². The van der Waals surface area contributed by atoms with Gasteiger partial charge in [-0.1, -0.05) is 103 Å². The quantitative estimate of drug-likeness (QED) is 0.145. The highest BCUT2D eigenvalue weighted by Gasteiger charge is 2.44. The lowest BCUT2D eigenvalue weighted by atomic mass is 9.74. The monoisotopic (exact) mass is 621 g/mol. The average Bonchev–Trinajstić information content (AvgIpc) is 3.77. The molecule has 47 heavy (non-hydrogen) atoms. The van der Waals surface area contributed by atoms with Crippen LogP contribution in [0.15, 0.2) is 133 Å². The molecule has 1 aliphatic rings. The van der Waals surface area contributed by atoms with Crippen molar-refractivity contribution in [2.45, 2.75) is 25.0 Å². The number of rotatable bonds is 10. The van der Waals surface area contributed by atoms with Crippen LogP contribution in [-0.4, -0.2) is 60.9 Å². The summed E-state index contributed by atoms with van der Waals surface area (Å²) in [6, 6.07) is 41.4. The first-order valence-corrected chi connectivity index (χ1v) is 15.7. The molecule has 1 saturated heterocycles. The summed E-state index contributed by atoms with van der Waals surface area (Å²) in [4.78, 5) is 17.4. The maximum absolute atomic E-state index is 13.4. The lowest BCUT2D eigenvalue weighted by Gasteiger charge is -2.47. The van der Waals surface area contributed by atoms with E-state index in [2.05, 4.69) is 93.1 Å². The van der Waals surface area contributed by atoms with Gasteiger partial charge in [-0.05, 0) is 51.7 Å². The standard InChI is InChI=1S/C38H35N7O2/c1-47-35-19-17-29(18-20-35)26-45-41-37(39-42-45)28-44-24-21-34(40-44)25-30-27-43(23-22-36(30)46)38(31-11-5-2-6-12-31,32-13-7-3-8-14-32)33-15-9-4-10-16-33/h2-21,24-25H,22-23,26-28H2,1H3/b30-25-. The number of carbonyl (C=O) groups is 1. The predicted octanol–water partition coefficient (Wildman–Crippen LogP) is 5.63. The molecule has 0 aliphatic carbocycles. The Bertz CT molecular complexity index is 1870. The highest BCUT2D eigenvalue weighted by atomic mass is 16.5. The number of likely N-dealkylation sites (tertiary alicyclic amines) is 1. The number of Topliss-reactive ketones (excluding diaryl/α,β-unsaturated/α-hetero) is 1. The summed E-state index contributed by atoms with van der Waals surface area (Å²) in [5.74, 6) is 1.50. The van der Waals surface area contributed by atoms with Crippen LogP contribution in [0.4, 0.5) is 0 Å². The molecular weight excluding hydrogens is 586 g/mol. The van der Waals surface area contributed by atoms with E-state index < -0.39 is 5.54 Å². The fraction of sp³-hybridized carbons (Fsp3) is 0.184. The van der Waals surface area contributed by atoms with Crippen LogP contribution in [0, 0.1) is 0 Å². The fourth-order valence-corrected chi connectivity index (χ4v) is 6.43. The first-order chi connectivity index (χ1) is 23.1. The molecule has 9 nitrogen and oxygen atoms in total. The molecule has 0 radical (unpaired) electrons. The molecule has 0 spiro atoms. The van der Waals surface area contributed by atoms with Gasteiger partial charge in [-0.15, -0.1) is 10.2 Å². The van der Waals surface area contributed by atoms with E-state index in [4.69, 9.17) is 9.84 Å². The summed E-state index contributed by atoms with van der Waals surface area (Å²) in [5.41, 5.74) is 5.37. The normalized spacial score (nSPS) is 14.8. The van der Waals surface area contributed by atoms with E-state index in [1.165, 1.54) is 0 Å². The highest BCUT2D eigenvalue weighted by molar-refractivity contribution is 6.00. The molecule has 1 aliphatic heterocycles. The Morgan fingerprint density at radius 3 is 1.98 bits per heavy atom. The van der Waals surface area contributed by atoms with Crippen LogP contribution in [-0.2, 0) is 23.4 Å². The summed E-state index contributed by atoms with van der Waals surface area (Å²) in [7, 11) is 1.65.